The fourth-order valence-corrected chi connectivity index (χ4v) is 2.82. The van der Waals surface area contributed by atoms with Crippen molar-refractivity contribution in [2.75, 3.05) is 18.1 Å². The van der Waals surface area contributed by atoms with Gasteiger partial charge in [0.1, 0.15) is 0 Å². The van der Waals surface area contributed by atoms with Crippen molar-refractivity contribution in [2.24, 2.45) is 0 Å². The molecule has 0 aromatic heterocycles. The van der Waals surface area contributed by atoms with E-state index in [0.717, 1.165) is 17.4 Å². The smallest absolute Gasteiger partial charge is 0.251 e. The van der Waals surface area contributed by atoms with Gasteiger partial charge in [0.25, 0.3) is 5.91 Å². The van der Waals surface area contributed by atoms with Gasteiger partial charge in [-0.3, -0.25) is 9.59 Å². The first-order chi connectivity index (χ1) is 11.7. The zero-order valence-electron chi connectivity index (χ0n) is 14.3. The van der Waals surface area contributed by atoms with Crippen molar-refractivity contribution in [1.29, 1.82) is 0 Å². The fraction of sp³-hybridized carbons (Fsp3) is 0.222. The number of hydrogen-bond donors (Lipinski definition) is 2. The number of hydrogen-bond acceptors (Lipinski definition) is 4. The van der Waals surface area contributed by atoms with Crippen molar-refractivity contribution in [1.82, 2.24) is 5.32 Å². The van der Waals surface area contributed by atoms with Gasteiger partial charge < -0.3 is 10.6 Å². The average molecular weight is 360 g/mol. The van der Waals surface area contributed by atoms with Crippen LogP contribution in [-0.4, -0.2) is 33.0 Å². The minimum Gasteiger partial charge on any atom is -0.343 e. The molecular formula is C18H20N2O4S. The zero-order valence-corrected chi connectivity index (χ0v) is 15.1. The van der Waals surface area contributed by atoms with E-state index in [9.17, 15) is 18.0 Å². The quantitative estimate of drug-likeness (QED) is 0.854. The molecule has 0 aliphatic heterocycles. The van der Waals surface area contributed by atoms with Gasteiger partial charge in [-0.2, -0.15) is 0 Å². The Balaban J connectivity index is 1.96. The molecule has 0 unspecified atom stereocenters. The first-order valence-electron chi connectivity index (χ1n) is 7.62. The molecule has 0 bridgehead atoms. The second kappa shape index (κ2) is 7.48. The maximum Gasteiger partial charge on any atom is 0.251 e. The average Bonchev–Trinajstić information content (AvgIpc) is 2.54. The van der Waals surface area contributed by atoms with E-state index < -0.39 is 15.7 Å². The third-order valence-electron chi connectivity index (χ3n) is 3.72. The monoisotopic (exact) mass is 360 g/mol. The Labute approximate surface area is 147 Å². The van der Waals surface area contributed by atoms with Gasteiger partial charge in [0.15, 0.2) is 9.84 Å². The third-order valence-corrected chi connectivity index (χ3v) is 4.83. The Kier molecular flexibility index (Phi) is 5.58. The van der Waals surface area contributed by atoms with Crippen LogP contribution in [0.1, 0.15) is 21.5 Å². The molecule has 2 amide bonds. The van der Waals surface area contributed by atoms with Crippen LogP contribution in [0.4, 0.5) is 5.69 Å². The summed E-state index contributed by atoms with van der Waals surface area (Å²) in [6.45, 7) is 3.65. The largest absolute Gasteiger partial charge is 0.343 e. The first kappa shape index (κ1) is 18.7. The van der Waals surface area contributed by atoms with E-state index in [4.69, 9.17) is 0 Å². The van der Waals surface area contributed by atoms with E-state index in [-0.39, 0.29) is 17.3 Å². The van der Waals surface area contributed by atoms with Crippen molar-refractivity contribution in [3.8, 4) is 0 Å². The highest BCUT2D eigenvalue weighted by atomic mass is 32.2. The molecule has 0 radical (unpaired) electrons. The molecular weight excluding hydrogens is 340 g/mol. The lowest BCUT2D eigenvalue weighted by atomic mass is 10.1. The second-order valence-electron chi connectivity index (χ2n) is 5.83. The highest BCUT2D eigenvalue weighted by molar-refractivity contribution is 7.90. The van der Waals surface area contributed by atoms with Gasteiger partial charge in [-0.25, -0.2) is 8.42 Å². The summed E-state index contributed by atoms with van der Waals surface area (Å²) in [5.74, 6) is -0.786. The lowest BCUT2D eigenvalue weighted by Crippen LogP contribution is -2.32. The lowest BCUT2D eigenvalue weighted by molar-refractivity contribution is -0.115. The molecule has 0 fully saturated rings. The van der Waals surface area contributed by atoms with Crippen molar-refractivity contribution >= 4 is 27.3 Å². The summed E-state index contributed by atoms with van der Waals surface area (Å²) in [6, 6.07) is 11.3. The van der Waals surface area contributed by atoms with Gasteiger partial charge in [0.2, 0.25) is 5.91 Å². The number of aryl methyl sites for hydroxylation is 2. The van der Waals surface area contributed by atoms with E-state index in [1.165, 1.54) is 12.1 Å². The van der Waals surface area contributed by atoms with E-state index in [0.29, 0.717) is 11.3 Å². The number of carbonyl (C=O) groups is 2. The number of nitrogens with one attached hydrogen (secondary N) is 2. The van der Waals surface area contributed by atoms with Crippen molar-refractivity contribution < 1.29 is 18.0 Å². The number of rotatable bonds is 5. The Hall–Kier alpha value is -2.67. The number of sulfone groups is 1. The van der Waals surface area contributed by atoms with Crippen molar-refractivity contribution in [3.05, 3.63) is 59.2 Å². The van der Waals surface area contributed by atoms with Crippen LogP contribution in [0.5, 0.6) is 0 Å². The normalized spacial score (nSPS) is 11.0. The molecule has 6 nitrogen and oxygen atoms in total. The van der Waals surface area contributed by atoms with Crippen LogP contribution in [-0.2, 0) is 14.6 Å². The van der Waals surface area contributed by atoms with Crippen LogP contribution < -0.4 is 10.6 Å². The van der Waals surface area contributed by atoms with Crippen molar-refractivity contribution in [2.45, 2.75) is 18.7 Å². The third kappa shape index (κ3) is 5.15. The summed E-state index contributed by atoms with van der Waals surface area (Å²) >= 11 is 0. The van der Waals surface area contributed by atoms with Crippen LogP contribution >= 0.6 is 0 Å². The summed E-state index contributed by atoms with van der Waals surface area (Å²) in [6.07, 6.45) is 1.09. The lowest BCUT2D eigenvalue weighted by Gasteiger charge is -2.09. The van der Waals surface area contributed by atoms with E-state index in [2.05, 4.69) is 10.6 Å². The highest BCUT2D eigenvalue weighted by Crippen LogP contribution is 2.15. The summed E-state index contributed by atoms with van der Waals surface area (Å²) in [5.41, 5.74) is 2.91. The SMILES string of the molecule is Cc1ccc(C(=O)NCC(=O)Nc2cccc(S(C)(=O)=O)c2)cc1C. The summed E-state index contributed by atoms with van der Waals surface area (Å²) in [7, 11) is -3.35. The molecule has 2 aromatic carbocycles. The van der Waals surface area contributed by atoms with Crippen molar-refractivity contribution in [3.63, 3.8) is 0 Å². The molecule has 0 spiro atoms. The first-order valence-corrected chi connectivity index (χ1v) is 9.51. The molecule has 0 atom stereocenters. The predicted octanol–water partition coefficient (Wildman–Crippen LogP) is 2.08. The van der Waals surface area contributed by atoms with E-state index >= 15 is 0 Å². The second-order valence-corrected chi connectivity index (χ2v) is 7.85. The van der Waals surface area contributed by atoms with E-state index in [1.54, 1.807) is 24.3 Å². The Morgan fingerprint density at radius 3 is 2.36 bits per heavy atom. The Morgan fingerprint density at radius 1 is 1.00 bits per heavy atom. The highest BCUT2D eigenvalue weighted by Gasteiger charge is 2.11. The maximum atomic E-state index is 12.1. The molecule has 0 aliphatic rings. The number of carbonyl (C=O) groups excluding carboxylic acids is 2. The minimum absolute atomic E-state index is 0.115. The van der Waals surface area contributed by atoms with Gasteiger partial charge in [-0.15, -0.1) is 0 Å². The summed E-state index contributed by atoms with van der Waals surface area (Å²) < 4.78 is 23.0. The van der Waals surface area contributed by atoms with Gasteiger partial charge in [0.05, 0.1) is 11.4 Å². The molecule has 7 heteroatoms. The van der Waals surface area contributed by atoms with Gasteiger partial charge in [-0.05, 0) is 55.3 Å². The van der Waals surface area contributed by atoms with Crippen LogP contribution in [0.2, 0.25) is 0 Å². The zero-order chi connectivity index (χ0) is 18.6. The Morgan fingerprint density at radius 2 is 1.72 bits per heavy atom. The van der Waals surface area contributed by atoms with Gasteiger partial charge in [0, 0.05) is 17.5 Å². The molecule has 132 valence electrons. The molecule has 0 saturated carbocycles. The van der Waals surface area contributed by atoms with Crippen LogP contribution in [0.25, 0.3) is 0 Å². The van der Waals surface area contributed by atoms with Gasteiger partial charge >= 0.3 is 0 Å². The molecule has 2 aromatic rings. The number of benzene rings is 2. The summed E-state index contributed by atoms with van der Waals surface area (Å²) in [4.78, 5) is 24.2. The molecule has 0 heterocycles. The van der Waals surface area contributed by atoms with Crippen LogP contribution in [0.15, 0.2) is 47.4 Å². The van der Waals surface area contributed by atoms with Gasteiger partial charge in [-0.1, -0.05) is 12.1 Å². The molecule has 0 aliphatic carbocycles. The molecule has 2 rings (SSSR count). The van der Waals surface area contributed by atoms with Crippen LogP contribution in [0.3, 0.4) is 0 Å². The summed E-state index contributed by atoms with van der Waals surface area (Å²) in [5, 5.41) is 5.10. The molecule has 25 heavy (non-hydrogen) atoms. The fourth-order valence-electron chi connectivity index (χ4n) is 2.15. The number of anilines is 1. The topological polar surface area (TPSA) is 92.3 Å². The molecule has 2 N–H and O–H groups in total. The predicted molar refractivity (Wildman–Crippen MR) is 96.4 cm³/mol. The standard InChI is InChI=1S/C18H20N2O4S/c1-12-7-8-14(9-13(12)2)18(22)19-11-17(21)20-15-5-4-6-16(10-15)25(3,23)24/h4-10H,11H2,1-3H3,(H,19,22)(H,20,21). The minimum atomic E-state index is -3.35. The van der Waals surface area contributed by atoms with E-state index in [1.807, 2.05) is 19.9 Å². The number of amides is 2. The Bertz CT molecular complexity index is 920. The molecule has 0 saturated heterocycles. The maximum absolute atomic E-state index is 12.1. The van der Waals surface area contributed by atoms with Crippen LogP contribution in [0, 0.1) is 13.8 Å².